The zero-order chi connectivity index (χ0) is 17.3. The number of ether oxygens (including phenoxy) is 1. The summed E-state index contributed by atoms with van der Waals surface area (Å²) in [6.45, 7) is 10.5. The van der Waals surface area contributed by atoms with E-state index in [9.17, 15) is 10.2 Å². The summed E-state index contributed by atoms with van der Waals surface area (Å²) in [5.41, 5.74) is 0.218. The van der Waals surface area contributed by atoms with Gasteiger partial charge in [-0.3, -0.25) is 0 Å². The molecule has 1 aliphatic carbocycles. The van der Waals surface area contributed by atoms with Gasteiger partial charge in [-0.25, -0.2) is 0 Å². The maximum Gasteiger partial charge on any atom is 0.0920 e. The first-order valence-electron chi connectivity index (χ1n) is 9.06. The molecule has 0 aromatic heterocycles. The predicted molar refractivity (Wildman–Crippen MR) is 94.2 cm³/mol. The van der Waals surface area contributed by atoms with Gasteiger partial charge in [-0.15, -0.1) is 0 Å². The molecule has 1 aliphatic heterocycles. The van der Waals surface area contributed by atoms with Crippen LogP contribution >= 0.6 is 0 Å². The van der Waals surface area contributed by atoms with Crippen LogP contribution in [0, 0.1) is 11.8 Å². The number of hydrogen-bond acceptors (Lipinski definition) is 3. The van der Waals surface area contributed by atoms with Crippen molar-refractivity contribution in [2.24, 2.45) is 11.8 Å². The lowest BCUT2D eigenvalue weighted by molar-refractivity contribution is 0.0564. The summed E-state index contributed by atoms with van der Waals surface area (Å²) < 4.78 is 5.96. The standard InChI is InChI=1S/C20H34O3/c1-14(2)16-8-10-19(4,22)13-17(21)12-15(3)6-7-18-20(5,23-18)11-9-16/h8,10,12,14,16-18,21-22H,6-7,9,11,13H2,1-5H3. The van der Waals surface area contributed by atoms with Gasteiger partial charge in [0.2, 0.25) is 0 Å². The number of aliphatic hydroxyl groups is 2. The first kappa shape index (κ1) is 18.7. The molecule has 0 aromatic rings. The van der Waals surface area contributed by atoms with Crippen molar-refractivity contribution in [3.05, 3.63) is 23.8 Å². The number of fused-ring (bicyclic) bond motifs is 1. The van der Waals surface area contributed by atoms with E-state index >= 15 is 0 Å². The highest BCUT2D eigenvalue weighted by molar-refractivity contribution is 5.10. The Kier molecular flexibility index (Phi) is 5.76. The monoisotopic (exact) mass is 322 g/mol. The van der Waals surface area contributed by atoms with Gasteiger partial charge in [0.15, 0.2) is 0 Å². The van der Waals surface area contributed by atoms with Crippen LogP contribution in [0.1, 0.15) is 66.7 Å². The van der Waals surface area contributed by atoms with Crippen molar-refractivity contribution in [3.8, 4) is 0 Å². The summed E-state index contributed by atoms with van der Waals surface area (Å²) in [4.78, 5) is 0. The Morgan fingerprint density at radius 1 is 1.26 bits per heavy atom. The Hall–Kier alpha value is -0.640. The van der Waals surface area contributed by atoms with E-state index in [-0.39, 0.29) is 5.60 Å². The molecule has 1 fully saturated rings. The lowest BCUT2D eigenvalue weighted by atomic mass is 9.84. The number of aliphatic hydroxyl groups excluding tert-OH is 1. The minimum atomic E-state index is -0.976. The van der Waals surface area contributed by atoms with Crippen molar-refractivity contribution < 1.29 is 14.9 Å². The zero-order valence-electron chi connectivity index (χ0n) is 15.4. The molecule has 132 valence electrons. The van der Waals surface area contributed by atoms with Crippen molar-refractivity contribution in [3.63, 3.8) is 0 Å². The molecule has 0 amide bonds. The van der Waals surface area contributed by atoms with Crippen LogP contribution in [0.25, 0.3) is 0 Å². The van der Waals surface area contributed by atoms with Crippen molar-refractivity contribution in [1.29, 1.82) is 0 Å². The minimum absolute atomic E-state index is 0.0203. The quantitative estimate of drug-likeness (QED) is 0.567. The first-order valence-corrected chi connectivity index (χ1v) is 9.06. The van der Waals surface area contributed by atoms with Crippen LogP contribution in [0.2, 0.25) is 0 Å². The molecule has 1 saturated heterocycles. The van der Waals surface area contributed by atoms with E-state index in [2.05, 4.69) is 26.8 Å². The Bertz CT molecular complexity index is 464. The molecule has 2 N–H and O–H groups in total. The molecule has 0 saturated carbocycles. The Balaban J connectivity index is 2.17. The summed E-state index contributed by atoms with van der Waals surface area (Å²) in [6.07, 6.45) is 10.1. The molecule has 0 bridgehead atoms. The highest BCUT2D eigenvalue weighted by Gasteiger charge is 2.51. The summed E-state index contributed by atoms with van der Waals surface area (Å²) in [5, 5.41) is 20.8. The number of hydrogen-bond donors (Lipinski definition) is 2. The van der Waals surface area contributed by atoms with Gasteiger partial charge in [-0.2, -0.15) is 0 Å². The fourth-order valence-electron chi connectivity index (χ4n) is 3.63. The fourth-order valence-corrected chi connectivity index (χ4v) is 3.63. The van der Waals surface area contributed by atoms with Crippen molar-refractivity contribution in [2.45, 2.75) is 90.1 Å². The maximum absolute atomic E-state index is 10.6. The largest absolute Gasteiger partial charge is 0.389 e. The second-order valence-electron chi connectivity index (χ2n) is 8.41. The highest BCUT2D eigenvalue weighted by Crippen LogP contribution is 2.44. The van der Waals surface area contributed by atoms with Gasteiger partial charge in [0, 0.05) is 6.42 Å². The normalized spacial score (nSPS) is 42.8. The molecule has 1 heterocycles. The molecule has 2 aliphatic rings. The van der Waals surface area contributed by atoms with Crippen LogP contribution in [0.5, 0.6) is 0 Å². The second-order valence-corrected chi connectivity index (χ2v) is 8.41. The number of rotatable bonds is 1. The van der Waals surface area contributed by atoms with Gasteiger partial charge >= 0.3 is 0 Å². The van der Waals surface area contributed by atoms with Gasteiger partial charge in [-0.05, 0) is 58.3 Å². The van der Waals surface area contributed by atoms with E-state index in [0.29, 0.717) is 24.4 Å². The van der Waals surface area contributed by atoms with Gasteiger partial charge < -0.3 is 14.9 Å². The molecule has 3 heteroatoms. The summed E-state index contributed by atoms with van der Waals surface area (Å²) in [6, 6.07) is 0. The lowest BCUT2D eigenvalue weighted by Gasteiger charge is -2.24. The zero-order valence-corrected chi connectivity index (χ0v) is 15.4. The molecule has 0 aromatic carbocycles. The van der Waals surface area contributed by atoms with Crippen LogP contribution < -0.4 is 0 Å². The van der Waals surface area contributed by atoms with E-state index in [1.165, 1.54) is 5.57 Å². The third-order valence-corrected chi connectivity index (χ3v) is 5.47. The average Bonchev–Trinajstić information content (AvgIpc) is 3.05. The van der Waals surface area contributed by atoms with E-state index in [0.717, 1.165) is 25.7 Å². The van der Waals surface area contributed by atoms with Crippen LogP contribution in [0.3, 0.4) is 0 Å². The van der Waals surface area contributed by atoms with Gasteiger partial charge in [-0.1, -0.05) is 37.6 Å². The molecular formula is C20H34O3. The van der Waals surface area contributed by atoms with Crippen LogP contribution in [-0.4, -0.2) is 33.6 Å². The van der Waals surface area contributed by atoms with E-state index in [4.69, 9.17) is 4.74 Å². The van der Waals surface area contributed by atoms with Crippen LogP contribution in [0.4, 0.5) is 0 Å². The molecule has 5 unspecified atom stereocenters. The molecule has 3 nitrogen and oxygen atoms in total. The van der Waals surface area contributed by atoms with E-state index in [1.807, 2.05) is 19.1 Å². The van der Waals surface area contributed by atoms with Crippen molar-refractivity contribution >= 4 is 0 Å². The smallest absolute Gasteiger partial charge is 0.0920 e. The van der Waals surface area contributed by atoms with Crippen LogP contribution in [0.15, 0.2) is 23.8 Å². The molecule has 0 spiro atoms. The summed E-state index contributed by atoms with van der Waals surface area (Å²) in [5.74, 6) is 0.961. The second kappa shape index (κ2) is 7.08. The Labute approximate surface area is 141 Å². The third-order valence-electron chi connectivity index (χ3n) is 5.47. The molecule has 2 rings (SSSR count). The molecule has 5 atom stereocenters. The Morgan fingerprint density at radius 3 is 2.61 bits per heavy atom. The first-order chi connectivity index (χ1) is 10.6. The van der Waals surface area contributed by atoms with E-state index in [1.54, 1.807) is 6.92 Å². The number of epoxide rings is 1. The molecule has 23 heavy (non-hydrogen) atoms. The van der Waals surface area contributed by atoms with E-state index < -0.39 is 11.7 Å². The van der Waals surface area contributed by atoms with Crippen molar-refractivity contribution in [1.82, 2.24) is 0 Å². The SMILES string of the molecule is CC1=CC(O)CC(C)(O)C=CC(C(C)C)CCC2(C)OC2CC1. The highest BCUT2D eigenvalue weighted by atomic mass is 16.6. The lowest BCUT2D eigenvalue weighted by Crippen LogP contribution is -2.27. The topological polar surface area (TPSA) is 53.0 Å². The molecular weight excluding hydrogens is 288 g/mol. The van der Waals surface area contributed by atoms with Crippen LogP contribution in [-0.2, 0) is 4.74 Å². The van der Waals surface area contributed by atoms with Gasteiger partial charge in [0.25, 0.3) is 0 Å². The van der Waals surface area contributed by atoms with Gasteiger partial charge in [0.05, 0.1) is 23.4 Å². The average molecular weight is 322 g/mol. The predicted octanol–water partition coefficient (Wildman–Crippen LogP) is 3.99. The summed E-state index contributed by atoms with van der Waals surface area (Å²) >= 11 is 0. The Morgan fingerprint density at radius 2 is 1.96 bits per heavy atom. The summed E-state index contributed by atoms with van der Waals surface area (Å²) in [7, 11) is 0. The minimum Gasteiger partial charge on any atom is -0.389 e. The fraction of sp³-hybridized carbons (Fsp3) is 0.800. The van der Waals surface area contributed by atoms with Crippen molar-refractivity contribution in [2.75, 3.05) is 0 Å². The molecule has 0 radical (unpaired) electrons. The van der Waals surface area contributed by atoms with Gasteiger partial charge in [0.1, 0.15) is 0 Å². The third kappa shape index (κ3) is 5.44. The maximum atomic E-state index is 10.6. The number of allylic oxidation sites excluding steroid dienone is 2.